The molecule has 0 aliphatic carbocycles. The fraction of sp³-hybridized carbons (Fsp3) is 0.800. The molecular formula is C5H9F2NO. The molecule has 0 aromatic carbocycles. The van der Waals surface area contributed by atoms with E-state index in [1.54, 1.807) is 0 Å². The molecule has 0 spiro atoms. The highest BCUT2D eigenvalue weighted by Gasteiger charge is 2.14. The van der Waals surface area contributed by atoms with Crippen LogP contribution in [0.15, 0.2) is 0 Å². The van der Waals surface area contributed by atoms with Crippen LogP contribution >= 0.6 is 0 Å². The third-order valence-corrected chi connectivity index (χ3v) is 0.978. The van der Waals surface area contributed by atoms with Gasteiger partial charge in [0, 0.05) is 6.04 Å². The van der Waals surface area contributed by atoms with E-state index < -0.39 is 19.0 Å². The molecular weight excluding hydrogens is 128 g/mol. The summed E-state index contributed by atoms with van der Waals surface area (Å²) in [5, 5.41) is 0. The Morgan fingerprint density at radius 3 is 2.11 bits per heavy atom. The molecule has 0 saturated heterocycles. The molecule has 0 fully saturated rings. The van der Waals surface area contributed by atoms with Crippen LogP contribution < -0.4 is 0 Å². The summed E-state index contributed by atoms with van der Waals surface area (Å²) in [6.07, 6.45) is -1.72. The second-order valence-electron chi connectivity index (χ2n) is 1.94. The third kappa shape index (κ3) is 2.39. The molecule has 2 nitrogen and oxygen atoms in total. The lowest BCUT2D eigenvalue weighted by molar-refractivity contribution is 0.131. The van der Waals surface area contributed by atoms with E-state index in [0.29, 0.717) is 4.90 Å². The van der Waals surface area contributed by atoms with Crippen LogP contribution in [0.2, 0.25) is 0 Å². The second-order valence-corrected chi connectivity index (χ2v) is 1.94. The van der Waals surface area contributed by atoms with Gasteiger partial charge in [-0.1, -0.05) is 0 Å². The van der Waals surface area contributed by atoms with Gasteiger partial charge in [-0.15, -0.1) is 4.39 Å². The first kappa shape index (κ1) is 8.33. The van der Waals surface area contributed by atoms with E-state index in [0.717, 1.165) is 0 Å². The van der Waals surface area contributed by atoms with Crippen molar-refractivity contribution in [2.24, 2.45) is 0 Å². The molecule has 0 N–H and O–H groups in total. The number of hydrogen-bond donors (Lipinski definition) is 0. The zero-order valence-electron chi connectivity index (χ0n) is 5.40. The quantitative estimate of drug-likeness (QED) is 0.419. The maximum Gasteiger partial charge on any atom is 0.402 e. The summed E-state index contributed by atoms with van der Waals surface area (Å²) < 4.78 is 23.3. The van der Waals surface area contributed by atoms with E-state index in [1.165, 1.54) is 13.8 Å². The van der Waals surface area contributed by atoms with Gasteiger partial charge in [0.25, 0.3) is 0 Å². The molecule has 9 heavy (non-hydrogen) atoms. The molecule has 54 valence electrons. The summed E-state index contributed by atoms with van der Waals surface area (Å²) in [5.74, 6) is 0. The van der Waals surface area contributed by atoms with Crippen molar-refractivity contribution in [2.75, 3.05) is 6.80 Å². The van der Waals surface area contributed by atoms with Crippen LogP contribution in [-0.2, 0) is 0 Å². The topological polar surface area (TPSA) is 20.3 Å². The van der Waals surface area contributed by atoms with E-state index in [-0.39, 0.29) is 0 Å². The standard InChI is InChI=1S/C5H9F2NO/c1-4(2)8(3-6)5(7)9/h4H,3H2,1-2H3. The van der Waals surface area contributed by atoms with Gasteiger partial charge in [0.1, 0.15) is 0 Å². The van der Waals surface area contributed by atoms with Crippen LogP contribution in [0, 0.1) is 0 Å². The summed E-state index contributed by atoms with van der Waals surface area (Å²) in [7, 11) is 0. The summed E-state index contributed by atoms with van der Waals surface area (Å²) in [5.41, 5.74) is 0. The van der Waals surface area contributed by atoms with E-state index in [9.17, 15) is 13.6 Å². The average molecular weight is 137 g/mol. The largest absolute Gasteiger partial charge is 0.402 e. The van der Waals surface area contributed by atoms with Crippen LogP contribution in [0.3, 0.4) is 0 Å². The number of halogens is 2. The third-order valence-electron chi connectivity index (χ3n) is 0.978. The molecule has 0 aliphatic heterocycles. The highest BCUT2D eigenvalue weighted by atomic mass is 19.1. The Bertz CT molecular complexity index is 105. The number of carbonyl (C=O) groups is 1. The molecule has 0 aromatic rings. The summed E-state index contributed by atoms with van der Waals surface area (Å²) >= 11 is 0. The number of nitrogens with zero attached hydrogens (tertiary/aromatic N) is 1. The van der Waals surface area contributed by atoms with Crippen molar-refractivity contribution in [1.29, 1.82) is 0 Å². The molecule has 0 rings (SSSR count). The molecule has 1 amide bonds. The first-order chi connectivity index (χ1) is 4.09. The molecule has 0 saturated carbocycles. The van der Waals surface area contributed by atoms with E-state index in [2.05, 4.69) is 0 Å². The van der Waals surface area contributed by atoms with Crippen molar-refractivity contribution >= 4 is 6.16 Å². The fourth-order valence-corrected chi connectivity index (χ4v) is 0.388. The van der Waals surface area contributed by atoms with Gasteiger partial charge in [0.2, 0.25) is 0 Å². The highest BCUT2D eigenvalue weighted by molar-refractivity contribution is 5.66. The van der Waals surface area contributed by atoms with Gasteiger partial charge in [-0.05, 0) is 13.8 Å². The van der Waals surface area contributed by atoms with Gasteiger partial charge >= 0.3 is 6.16 Å². The van der Waals surface area contributed by atoms with Crippen LogP contribution in [0.4, 0.5) is 13.6 Å². The first-order valence-electron chi connectivity index (χ1n) is 2.61. The van der Waals surface area contributed by atoms with E-state index in [4.69, 9.17) is 0 Å². The molecule has 0 aromatic heterocycles. The van der Waals surface area contributed by atoms with Gasteiger partial charge in [-0.3, -0.25) is 4.90 Å². The van der Waals surface area contributed by atoms with Crippen molar-refractivity contribution in [3.05, 3.63) is 0 Å². The van der Waals surface area contributed by atoms with E-state index in [1.807, 2.05) is 0 Å². The van der Waals surface area contributed by atoms with Gasteiger partial charge in [0.05, 0.1) is 0 Å². The molecule has 0 atom stereocenters. The minimum Gasteiger partial charge on any atom is -0.284 e. The van der Waals surface area contributed by atoms with Crippen molar-refractivity contribution in [3.8, 4) is 0 Å². The zero-order valence-corrected chi connectivity index (χ0v) is 5.40. The molecule has 0 aliphatic rings. The van der Waals surface area contributed by atoms with Crippen LogP contribution in [-0.4, -0.2) is 23.9 Å². The van der Waals surface area contributed by atoms with Crippen molar-refractivity contribution in [1.82, 2.24) is 4.90 Å². The summed E-state index contributed by atoms with van der Waals surface area (Å²) in [6.45, 7) is 2.02. The maximum atomic E-state index is 11.7. The van der Waals surface area contributed by atoms with Gasteiger partial charge < -0.3 is 0 Å². The van der Waals surface area contributed by atoms with Crippen molar-refractivity contribution in [3.63, 3.8) is 0 Å². The lowest BCUT2D eigenvalue weighted by atomic mass is 10.4. The van der Waals surface area contributed by atoms with Crippen molar-refractivity contribution in [2.45, 2.75) is 19.9 Å². The molecule has 0 bridgehead atoms. The Labute approximate surface area is 52.5 Å². The minimum absolute atomic E-state index is 0.410. The predicted octanol–water partition coefficient (Wildman–Crippen LogP) is 1.71. The lowest BCUT2D eigenvalue weighted by Crippen LogP contribution is -2.32. The Morgan fingerprint density at radius 2 is 2.11 bits per heavy atom. The van der Waals surface area contributed by atoms with Gasteiger partial charge in [0.15, 0.2) is 6.80 Å². The van der Waals surface area contributed by atoms with Crippen LogP contribution in [0.25, 0.3) is 0 Å². The summed E-state index contributed by atoms with van der Waals surface area (Å²) in [6, 6.07) is -0.410. The van der Waals surface area contributed by atoms with E-state index >= 15 is 0 Å². The Balaban J connectivity index is 3.83. The fourth-order valence-electron chi connectivity index (χ4n) is 0.388. The average Bonchev–Trinajstić information content (AvgIpc) is 1.64. The van der Waals surface area contributed by atoms with Crippen LogP contribution in [0.5, 0.6) is 0 Å². The predicted molar refractivity (Wildman–Crippen MR) is 29.5 cm³/mol. The number of amides is 1. The first-order valence-corrected chi connectivity index (χ1v) is 2.61. The summed E-state index contributed by atoms with van der Waals surface area (Å²) in [4.78, 5) is 10.3. The number of rotatable bonds is 2. The highest BCUT2D eigenvalue weighted by Crippen LogP contribution is 2.00. The van der Waals surface area contributed by atoms with Gasteiger partial charge in [-0.25, -0.2) is 9.18 Å². The van der Waals surface area contributed by atoms with Crippen molar-refractivity contribution < 1.29 is 13.6 Å². The lowest BCUT2D eigenvalue weighted by Gasteiger charge is -2.17. The van der Waals surface area contributed by atoms with Gasteiger partial charge in [-0.2, -0.15) is 0 Å². The Morgan fingerprint density at radius 1 is 1.67 bits per heavy atom. The number of alkyl halides is 1. The normalized spacial score (nSPS) is 9.89. The zero-order chi connectivity index (χ0) is 7.44. The Hall–Kier alpha value is -0.670. The monoisotopic (exact) mass is 137 g/mol. The minimum atomic E-state index is -1.72. The SMILES string of the molecule is CC(C)N(CF)C(=O)F. The number of carbonyl (C=O) groups excluding carboxylic acids is 1. The number of hydrogen-bond acceptors (Lipinski definition) is 1. The smallest absolute Gasteiger partial charge is 0.284 e. The molecule has 0 unspecified atom stereocenters. The molecule has 0 radical (unpaired) electrons. The Kier molecular flexibility index (Phi) is 3.12. The molecule has 4 heteroatoms. The molecule has 0 heterocycles. The van der Waals surface area contributed by atoms with Crippen LogP contribution in [0.1, 0.15) is 13.8 Å². The maximum absolute atomic E-state index is 11.7. The second kappa shape index (κ2) is 3.37.